The van der Waals surface area contributed by atoms with Crippen molar-refractivity contribution in [1.82, 2.24) is 5.32 Å². The van der Waals surface area contributed by atoms with E-state index in [-0.39, 0.29) is 24.8 Å². The fourth-order valence-corrected chi connectivity index (χ4v) is 3.84. The van der Waals surface area contributed by atoms with Crippen molar-refractivity contribution in [2.45, 2.75) is 25.7 Å². The van der Waals surface area contributed by atoms with Crippen LogP contribution in [0.5, 0.6) is 5.75 Å². The quantitative estimate of drug-likeness (QED) is 0.660. The summed E-state index contributed by atoms with van der Waals surface area (Å²) in [5.41, 5.74) is 1.73. The molecule has 7 heteroatoms. The van der Waals surface area contributed by atoms with E-state index in [0.717, 1.165) is 0 Å². The van der Waals surface area contributed by atoms with Gasteiger partial charge in [0, 0.05) is 19.5 Å². The van der Waals surface area contributed by atoms with Crippen LogP contribution in [0, 0.1) is 0 Å². The molecule has 0 fully saturated rings. The molecule has 0 aliphatic heterocycles. The molecule has 0 radical (unpaired) electrons. The smallest absolute Gasteiger partial charge is 0.232 e. The molecule has 0 aliphatic carbocycles. The lowest BCUT2D eigenvalue weighted by Crippen LogP contribution is -2.32. The standard InChI is InChI=1S/C21H28N2O4S/c1-17(18-8-5-4-6-9-18)16-22-21(24)10-7-15-23(28(3,25)26)19-11-13-20(27-2)14-12-19/h4-6,8-9,11-14,17H,7,10,15-16H2,1-3H3,(H,22,24)/t17-/m0/s1. The van der Waals surface area contributed by atoms with Crippen molar-refractivity contribution in [3.05, 3.63) is 60.2 Å². The van der Waals surface area contributed by atoms with Gasteiger partial charge in [-0.1, -0.05) is 37.3 Å². The number of nitrogens with zero attached hydrogens (tertiary/aromatic N) is 1. The molecule has 0 unspecified atom stereocenters. The van der Waals surface area contributed by atoms with Crippen LogP contribution in [-0.2, 0) is 14.8 Å². The highest BCUT2D eigenvalue weighted by molar-refractivity contribution is 7.92. The number of nitrogens with one attached hydrogen (secondary N) is 1. The Bertz CT molecular complexity index is 852. The van der Waals surface area contributed by atoms with Gasteiger partial charge in [0.15, 0.2) is 0 Å². The molecule has 2 rings (SSSR count). The molecule has 152 valence electrons. The molecular formula is C21H28N2O4S. The monoisotopic (exact) mass is 404 g/mol. The topological polar surface area (TPSA) is 75.7 Å². The Labute approximate surface area is 167 Å². The Kier molecular flexibility index (Phi) is 7.87. The number of rotatable bonds is 10. The predicted octanol–water partition coefficient (Wildman–Crippen LogP) is 3.16. The van der Waals surface area contributed by atoms with E-state index < -0.39 is 10.0 Å². The van der Waals surface area contributed by atoms with Crippen molar-refractivity contribution >= 4 is 21.6 Å². The van der Waals surface area contributed by atoms with Crippen molar-refractivity contribution < 1.29 is 17.9 Å². The van der Waals surface area contributed by atoms with Crippen LogP contribution in [0.15, 0.2) is 54.6 Å². The van der Waals surface area contributed by atoms with Gasteiger partial charge in [-0.2, -0.15) is 0 Å². The minimum absolute atomic E-state index is 0.0778. The van der Waals surface area contributed by atoms with Crippen molar-refractivity contribution in [3.63, 3.8) is 0 Å². The zero-order valence-electron chi connectivity index (χ0n) is 16.6. The summed E-state index contributed by atoms with van der Waals surface area (Å²) in [6.07, 6.45) is 1.87. The van der Waals surface area contributed by atoms with Crippen LogP contribution in [0.3, 0.4) is 0 Å². The van der Waals surface area contributed by atoms with Gasteiger partial charge < -0.3 is 10.1 Å². The number of amides is 1. The fraction of sp³-hybridized carbons (Fsp3) is 0.381. The van der Waals surface area contributed by atoms with E-state index in [1.807, 2.05) is 30.3 Å². The zero-order chi connectivity index (χ0) is 20.6. The summed E-state index contributed by atoms with van der Waals surface area (Å²) in [4.78, 5) is 12.1. The maximum absolute atomic E-state index is 12.1. The highest BCUT2D eigenvalue weighted by Crippen LogP contribution is 2.22. The molecule has 1 amide bonds. The summed E-state index contributed by atoms with van der Waals surface area (Å²) in [6.45, 7) is 2.86. The number of hydrogen-bond acceptors (Lipinski definition) is 4. The maximum Gasteiger partial charge on any atom is 0.232 e. The van der Waals surface area contributed by atoms with Crippen molar-refractivity contribution in [1.29, 1.82) is 0 Å². The number of anilines is 1. The average Bonchev–Trinajstić information content (AvgIpc) is 2.69. The van der Waals surface area contributed by atoms with Crippen LogP contribution in [0.25, 0.3) is 0 Å². The average molecular weight is 405 g/mol. The van der Waals surface area contributed by atoms with Gasteiger partial charge in [-0.05, 0) is 42.2 Å². The maximum atomic E-state index is 12.1. The highest BCUT2D eigenvalue weighted by Gasteiger charge is 2.18. The molecule has 28 heavy (non-hydrogen) atoms. The summed E-state index contributed by atoms with van der Waals surface area (Å²) in [6, 6.07) is 16.8. The molecule has 0 saturated carbocycles. The third-order valence-corrected chi connectivity index (χ3v) is 5.69. The summed E-state index contributed by atoms with van der Waals surface area (Å²) >= 11 is 0. The van der Waals surface area contributed by atoms with Crippen LogP contribution in [0.4, 0.5) is 5.69 Å². The summed E-state index contributed by atoms with van der Waals surface area (Å²) in [7, 11) is -1.88. The third kappa shape index (κ3) is 6.56. The highest BCUT2D eigenvalue weighted by atomic mass is 32.2. The molecule has 1 atom stereocenters. The second-order valence-electron chi connectivity index (χ2n) is 6.75. The minimum atomic E-state index is -3.44. The van der Waals surface area contributed by atoms with Crippen LogP contribution < -0.4 is 14.4 Å². The molecule has 0 bridgehead atoms. The van der Waals surface area contributed by atoms with Crippen LogP contribution >= 0.6 is 0 Å². The first-order valence-corrected chi connectivity index (χ1v) is 11.1. The van der Waals surface area contributed by atoms with E-state index in [2.05, 4.69) is 12.2 Å². The molecule has 1 N–H and O–H groups in total. The third-order valence-electron chi connectivity index (χ3n) is 4.50. The van der Waals surface area contributed by atoms with Gasteiger partial charge >= 0.3 is 0 Å². The van der Waals surface area contributed by atoms with Gasteiger partial charge in [0.1, 0.15) is 5.75 Å². The van der Waals surface area contributed by atoms with E-state index in [4.69, 9.17) is 4.74 Å². The first-order chi connectivity index (χ1) is 13.3. The molecule has 0 saturated heterocycles. The van der Waals surface area contributed by atoms with Crippen LogP contribution in [0.1, 0.15) is 31.2 Å². The van der Waals surface area contributed by atoms with E-state index in [1.54, 1.807) is 31.4 Å². The Morgan fingerprint density at radius 1 is 1.11 bits per heavy atom. The molecule has 0 aliphatic rings. The minimum Gasteiger partial charge on any atom is -0.497 e. The van der Waals surface area contributed by atoms with Gasteiger partial charge in [-0.25, -0.2) is 8.42 Å². The Morgan fingerprint density at radius 3 is 2.32 bits per heavy atom. The Hall–Kier alpha value is -2.54. The molecule has 0 spiro atoms. The molecule has 2 aromatic rings. The van der Waals surface area contributed by atoms with Gasteiger partial charge in [-0.3, -0.25) is 9.10 Å². The molecule has 2 aromatic carbocycles. The number of carbonyl (C=O) groups is 1. The van der Waals surface area contributed by atoms with Crippen molar-refractivity contribution in [3.8, 4) is 5.75 Å². The van der Waals surface area contributed by atoms with Crippen molar-refractivity contribution in [2.24, 2.45) is 0 Å². The number of carbonyl (C=O) groups excluding carboxylic acids is 1. The second-order valence-corrected chi connectivity index (χ2v) is 8.66. The van der Waals surface area contributed by atoms with E-state index in [0.29, 0.717) is 24.4 Å². The molecular weight excluding hydrogens is 376 g/mol. The van der Waals surface area contributed by atoms with Gasteiger partial charge in [-0.15, -0.1) is 0 Å². The number of hydrogen-bond donors (Lipinski definition) is 1. The molecule has 6 nitrogen and oxygen atoms in total. The Morgan fingerprint density at radius 2 is 1.75 bits per heavy atom. The molecule has 0 heterocycles. The van der Waals surface area contributed by atoms with Crippen LogP contribution in [-0.4, -0.2) is 40.8 Å². The van der Waals surface area contributed by atoms with E-state index in [1.165, 1.54) is 16.1 Å². The molecule has 0 aromatic heterocycles. The normalized spacial score (nSPS) is 12.2. The first-order valence-electron chi connectivity index (χ1n) is 9.24. The summed E-state index contributed by atoms with van der Waals surface area (Å²) in [5.74, 6) is 0.798. The van der Waals surface area contributed by atoms with Crippen LogP contribution in [0.2, 0.25) is 0 Å². The lowest BCUT2D eigenvalue weighted by molar-refractivity contribution is -0.121. The number of ether oxygens (including phenoxy) is 1. The lowest BCUT2D eigenvalue weighted by atomic mass is 10.0. The van der Waals surface area contributed by atoms with E-state index >= 15 is 0 Å². The number of sulfonamides is 1. The first kappa shape index (κ1) is 21.8. The van der Waals surface area contributed by atoms with E-state index in [9.17, 15) is 13.2 Å². The lowest BCUT2D eigenvalue weighted by Gasteiger charge is -2.22. The Balaban J connectivity index is 1.85. The number of methoxy groups -OCH3 is 1. The van der Waals surface area contributed by atoms with Crippen molar-refractivity contribution in [2.75, 3.05) is 30.8 Å². The SMILES string of the molecule is COc1ccc(N(CCCC(=O)NC[C@H](C)c2ccccc2)S(C)(=O)=O)cc1. The summed E-state index contributed by atoms with van der Waals surface area (Å²) < 4.78 is 30.7. The number of benzene rings is 2. The predicted molar refractivity (Wildman–Crippen MR) is 112 cm³/mol. The largest absolute Gasteiger partial charge is 0.497 e. The van der Waals surface area contributed by atoms with Gasteiger partial charge in [0.2, 0.25) is 15.9 Å². The fourth-order valence-electron chi connectivity index (χ4n) is 2.87. The summed E-state index contributed by atoms with van der Waals surface area (Å²) in [5, 5.41) is 2.92. The van der Waals surface area contributed by atoms with Gasteiger partial charge in [0.25, 0.3) is 0 Å². The zero-order valence-corrected chi connectivity index (χ0v) is 17.4. The second kappa shape index (κ2) is 10.1. The van der Waals surface area contributed by atoms with Gasteiger partial charge in [0.05, 0.1) is 19.1 Å².